The van der Waals surface area contributed by atoms with Gasteiger partial charge >= 0.3 is 0 Å². The van der Waals surface area contributed by atoms with Gasteiger partial charge in [0.25, 0.3) is 5.69 Å². The maximum absolute atomic E-state index is 10.7. The molecule has 5 heteroatoms. The molecule has 0 atom stereocenters. The molecule has 0 saturated heterocycles. The number of para-hydroxylation sites is 1. The summed E-state index contributed by atoms with van der Waals surface area (Å²) in [5.41, 5.74) is 0.521. The minimum Gasteiger partial charge on any atom is -0.258 e. The summed E-state index contributed by atoms with van der Waals surface area (Å²) in [6, 6.07) is 8.08. The zero-order valence-corrected chi connectivity index (χ0v) is 7.73. The van der Waals surface area contributed by atoms with E-state index in [1.54, 1.807) is 24.3 Å². The molecule has 0 amide bonds. The summed E-state index contributed by atoms with van der Waals surface area (Å²) in [6.45, 7) is 0. The highest BCUT2D eigenvalue weighted by molar-refractivity contribution is 6.30. The molecule has 4 nitrogen and oxygen atoms in total. The zero-order chi connectivity index (χ0) is 10.1. The van der Waals surface area contributed by atoms with Gasteiger partial charge in [-0.2, -0.15) is 0 Å². The quantitative estimate of drug-likeness (QED) is 0.411. The van der Waals surface area contributed by atoms with E-state index in [2.05, 4.69) is 4.98 Å². The standard InChI is InChI=1S/C9H5ClN2O2/c10-9-5-8(12(13)14)6-3-1-2-4-7(6)11-9/h1-5H. The molecule has 0 saturated carbocycles. The van der Waals surface area contributed by atoms with Crippen LogP contribution in [0.1, 0.15) is 0 Å². The van der Waals surface area contributed by atoms with Crippen molar-refractivity contribution < 1.29 is 4.92 Å². The van der Waals surface area contributed by atoms with Crippen molar-refractivity contribution in [3.05, 3.63) is 45.6 Å². The van der Waals surface area contributed by atoms with E-state index in [0.717, 1.165) is 0 Å². The molecule has 1 heterocycles. The highest BCUT2D eigenvalue weighted by Gasteiger charge is 2.13. The van der Waals surface area contributed by atoms with Gasteiger partial charge in [-0.25, -0.2) is 4.98 Å². The summed E-state index contributed by atoms with van der Waals surface area (Å²) in [4.78, 5) is 14.2. The summed E-state index contributed by atoms with van der Waals surface area (Å²) in [6.07, 6.45) is 0. The first-order chi connectivity index (χ1) is 6.68. The van der Waals surface area contributed by atoms with Gasteiger partial charge in [0.1, 0.15) is 5.15 Å². The Morgan fingerprint density at radius 1 is 1.36 bits per heavy atom. The second-order valence-corrected chi connectivity index (χ2v) is 3.13. The maximum atomic E-state index is 10.7. The molecule has 14 heavy (non-hydrogen) atoms. The first-order valence-corrected chi connectivity index (χ1v) is 4.26. The number of nitro groups is 1. The molecule has 0 unspecified atom stereocenters. The minimum absolute atomic E-state index is 0.0133. The molecule has 0 fully saturated rings. The Balaban J connectivity index is 2.87. The predicted octanol–water partition coefficient (Wildman–Crippen LogP) is 2.80. The Bertz CT molecular complexity index is 513. The number of nitrogens with zero attached hydrogens (tertiary/aromatic N) is 2. The fraction of sp³-hybridized carbons (Fsp3) is 0. The van der Waals surface area contributed by atoms with Crippen LogP contribution in [-0.4, -0.2) is 9.91 Å². The van der Waals surface area contributed by atoms with Gasteiger partial charge in [0.05, 0.1) is 21.9 Å². The number of aromatic nitrogens is 1. The van der Waals surface area contributed by atoms with Gasteiger partial charge in [0.15, 0.2) is 0 Å². The number of rotatable bonds is 1. The summed E-state index contributed by atoms with van der Waals surface area (Å²) >= 11 is 5.65. The van der Waals surface area contributed by atoms with Gasteiger partial charge < -0.3 is 0 Å². The second kappa shape index (κ2) is 3.23. The first kappa shape index (κ1) is 8.90. The third kappa shape index (κ3) is 1.40. The van der Waals surface area contributed by atoms with E-state index in [1.165, 1.54) is 6.07 Å². The fourth-order valence-corrected chi connectivity index (χ4v) is 1.47. The third-order valence-corrected chi connectivity index (χ3v) is 2.05. The monoisotopic (exact) mass is 208 g/mol. The SMILES string of the molecule is O=[N+]([O-])c1cc(Cl)nc2ccccc12. The molecule has 0 bridgehead atoms. The van der Waals surface area contributed by atoms with Crippen LogP contribution in [0.25, 0.3) is 10.9 Å². The molecular formula is C9H5ClN2O2. The van der Waals surface area contributed by atoms with Crippen molar-refractivity contribution in [2.24, 2.45) is 0 Å². The van der Waals surface area contributed by atoms with Gasteiger partial charge in [-0.3, -0.25) is 10.1 Å². The second-order valence-electron chi connectivity index (χ2n) is 2.74. The van der Waals surface area contributed by atoms with Crippen LogP contribution in [0.5, 0.6) is 0 Å². The van der Waals surface area contributed by atoms with Gasteiger partial charge in [-0.15, -0.1) is 0 Å². The number of hydrogen-bond acceptors (Lipinski definition) is 3. The first-order valence-electron chi connectivity index (χ1n) is 3.88. The topological polar surface area (TPSA) is 56.0 Å². The fourth-order valence-electron chi connectivity index (χ4n) is 1.28. The predicted molar refractivity (Wildman–Crippen MR) is 53.4 cm³/mol. The molecule has 0 radical (unpaired) electrons. The lowest BCUT2D eigenvalue weighted by atomic mass is 10.2. The van der Waals surface area contributed by atoms with Crippen molar-refractivity contribution in [2.45, 2.75) is 0 Å². The molecule has 0 aliphatic heterocycles. The van der Waals surface area contributed by atoms with E-state index in [0.29, 0.717) is 10.9 Å². The van der Waals surface area contributed by atoms with Crippen molar-refractivity contribution in [1.29, 1.82) is 0 Å². The van der Waals surface area contributed by atoms with Crippen LogP contribution in [-0.2, 0) is 0 Å². The van der Waals surface area contributed by atoms with Gasteiger partial charge in [0, 0.05) is 0 Å². The van der Waals surface area contributed by atoms with Crippen LogP contribution >= 0.6 is 11.6 Å². The molecule has 0 aliphatic carbocycles. The molecule has 0 N–H and O–H groups in total. The number of fused-ring (bicyclic) bond motifs is 1. The van der Waals surface area contributed by atoms with Gasteiger partial charge in [-0.1, -0.05) is 23.7 Å². The molecule has 2 aromatic rings. The highest BCUT2D eigenvalue weighted by atomic mass is 35.5. The Morgan fingerprint density at radius 2 is 2.07 bits per heavy atom. The summed E-state index contributed by atoms with van der Waals surface area (Å²) < 4.78 is 0. The largest absolute Gasteiger partial charge is 0.281 e. The molecule has 70 valence electrons. The van der Waals surface area contributed by atoms with Gasteiger partial charge in [0.2, 0.25) is 0 Å². The number of pyridine rings is 1. The van der Waals surface area contributed by atoms with Crippen molar-refractivity contribution in [3.63, 3.8) is 0 Å². The average Bonchev–Trinajstić information content (AvgIpc) is 2.16. The Hall–Kier alpha value is -1.68. The lowest BCUT2D eigenvalue weighted by Crippen LogP contribution is -1.91. The van der Waals surface area contributed by atoms with E-state index in [1.807, 2.05) is 0 Å². The zero-order valence-electron chi connectivity index (χ0n) is 6.98. The van der Waals surface area contributed by atoms with Crippen LogP contribution in [0.3, 0.4) is 0 Å². The Labute approximate surface area is 84.3 Å². The van der Waals surface area contributed by atoms with Crippen LogP contribution < -0.4 is 0 Å². The molecule has 1 aromatic carbocycles. The van der Waals surface area contributed by atoms with Crippen molar-refractivity contribution in [3.8, 4) is 0 Å². The van der Waals surface area contributed by atoms with Crippen LogP contribution in [0.2, 0.25) is 5.15 Å². The number of hydrogen-bond donors (Lipinski definition) is 0. The van der Waals surface area contributed by atoms with Crippen LogP contribution in [0.15, 0.2) is 30.3 Å². The average molecular weight is 209 g/mol. The summed E-state index contributed by atoms with van der Waals surface area (Å²) in [5, 5.41) is 11.3. The van der Waals surface area contributed by atoms with Crippen LogP contribution in [0, 0.1) is 10.1 Å². The van der Waals surface area contributed by atoms with E-state index >= 15 is 0 Å². The summed E-state index contributed by atoms with van der Waals surface area (Å²) in [5.74, 6) is 0. The number of benzene rings is 1. The maximum Gasteiger partial charge on any atom is 0.281 e. The van der Waals surface area contributed by atoms with Crippen LogP contribution in [0.4, 0.5) is 5.69 Å². The Kier molecular flexibility index (Phi) is 2.05. The minimum atomic E-state index is -0.462. The van der Waals surface area contributed by atoms with E-state index in [9.17, 15) is 10.1 Å². The van der Waals surface area contributed by atoms with E-state index in [4.69, 9.17) is 11.6 Å². The number of halogens is 1. The van der Waals surface area contributed by atoms with Crippen molar-refractivity contribution in [2.75, 3.05) is 0 Å². The highest BCUT2D eigenvalue weighted by Crippen LogP contribution is 2.26. The van der Waals surface area contributed by atoms with Crippen molar-refractivity contribution >= 4 is 28.2 Å². The molecule has 0 aliphatic rings. The van der Waals surface area contributed by atoms with Gasteiger partial charge in [-0.05, 0) is 12.1 Å². The Morgan fingerprint density at radius 3 is 2.79 bits per heavy atom. The molecular weight excluding hydrogens is 204 g/mol. The van der Waals surface area contributed by atoms with Crippen molar-refractivity contribution in [1.82, 2.24) is 4.98 Å². The van der Waals surface area contributed by atoms with E-state index in [-0.39, 0.29) is 10.8 Å². The smallest absolute Gasteiger partial charge is 0.258 e. The lowest BCUT2D eigenvalue weighted by molar-refractivity contribution is -0.383. The molecule has 1 aromatic heterocycles. The third-order valence-electron chi connectivity index (χ3n) is 1.86. The molecule has 2 rings (SSSR count). The van der Waals surface area contributed by atoms with E-state index < -0.39 is 4.92 Å². The molecule has 0 spiro atoms. The lowest BCUT2D eigenvalue weighted by Gasteiger charge is -1.98. The normalized spacial score (nSPS) is 10.4. The summed E-state index contributed by atoms with van der Waals surface area (Å²) in [7, 11) is 0.